The Morgan fingerprint density at radius 2 is 1.39 bits per heavy atom. The third kappa shape index (κ3) is 4.59. The summed E-state index contributed by atoms with van der Waals surface area (Å²) in [6.45, 7) is 11.2. The molecule has 31 heavy (non-hydrogen) atoms. The highest BCUT2D eigenvalue weighted by molar-refractivity contribution is 7.98. The summed E-state index contributed by atoms with van der Waals surface area (Å²) in [6.07, 6.45) is 0. The van der Waals surface area contributed by atoms with Crippen LogP contribution in [-0.4, -0.2) is 14.8 Å². The van der Waals surface area contributed by atoms with Gasteiger partial charge in [0.1, 0.15) is 0 Å². The summed E-state index contributed by atoms with van der Waals surface area (Å²) < 4.78 is 2.16. The van der Waals surface area contributed by atoms with Crippen LogP contribution in [0.15, 0.2) is 78.0 Å². The van der Waals surface area contributed by atoms with E-state index in [4.69, 9.17) is 0 Å². The number of hydrogen-bond donors (Lipinski definition) is 0. The van der Waals surface area contributed by atoms with Crippen LogP contribution in [0.1, 0.15) is 43.0 Å². The number of aryl methyl sites for hydroxylation is 2. The Kier molecular flexibility index (Phi) is 6.01. The predicted molar refractivity (Wildman–Crippen MR) is 131 cm³/mol. The first-order valence-corrected chi connectivity index (χ1v) is 11.6. The van der Waals surface area contributed by atoms with Gasteiger partial charge in [0.2, 0.25) is 0 Å². The Hall–Kier alpha value is -2.85. The van der Waals surface area contributed by atoms with E-state index in [0.29, 0.717) is 0 Å². The van der Waals surface area contributed by atoms with E-state index < -0.39 is 0 Å². The fourth-order valence-corrected chi connectivity index (χ4v) is 4.89. The van der Waals surface area contributed by atoms with Crippen LogP contribution < -0.4 is 0 Å². The predicted octanol–water partition coefficient (Wildman–Crippen LogP) is 7.14. The Balaban J connectivity index is 1.70. The molecule has 4 heteroatoms. The van der Waals surface area contributed by atoms with Gasteiger partial charge in [-0.15, -0.1) is 10.2 Å². The van der Waals surface area contributed by atoms with Crippen LogP contribution in [0, 0.1) is 13.8 Å². The molecule has 3 aromatic carbocycles. The number of nitrogens with zero attached hydrogens (tertiary/aromatic N) is 3. The molecule has 4 aromatic rings. The summed E-state index contributed by atoms with van der Waals surface area (Å²) in [5, 5.41) is 10.0. The molecule has 0 saturated heterocycles. The lowest BCUT2D eigenvalue weighted by Crippen LogP contribution is -2.12. The fraction of sp³-hybridized carbons (Fsp3) is 0.259. The molecule has 0 saturated carbocycles. The summed E-state index contributed by atoms with van der Waals surface area (Å²) in [5.74, 6) is 1.73. The van der Waals surface area contributed by atoms with Gasteiger partial charge in [-0.1, -0.05) is 93.2 Å². The number of benzene rings is 3. The molecule has 3 nitrogen and oxygen atoms in total. The largest absolute Gasteiger partial charge is 0.270 e. The fourth-order valence-electron chi connectivity index (χ4n) is 3.74. The third-order valence-corrected chi connectivity index (χ3v) is 6.54. The SMILES string of the molecule is Cc1cc(C(C)(C)C)cc(C)c1CSc1nnc(-c2ccccc2)n1-c1ccccc1. The van der Waals surface area contributed by atoms with Gasteiger partial charge in [-0.3, -0.25) is 4.57 Å². The van der Waals surface area contributed by atoms with Gasteiger partial charge >= 0.3 is 0 Å². The average molecular weight is 428 g/mol. The molecule has 0 radical (unpaired) electrons. The molecular weight excluding hydrogens is 398 g/mol. The Morgan fingerprint density at radius 3 is 1.97 bits per heavy atom. The van der Waals surface area contributed by atoms with Crippen LogP contribution in [0.25, 0.3) is 17.1 Å². The highest BCUT2D eigenvalue weighted by Gasteiger charge is 2.19. The van der Waals surface area contributed by atoms with Gasteiger partial charge < -0.3 is 0 Å². The molecule has 0 bridgehead atoms. The topological polar surface area (TPSA) is 30.7 Å². The maximum Gasteiger partial charge on any atom is 0.196 e. The van der Waals surface area contributed by atoms with Gasteiger partial charge in [0.05, 0.1) is 0 Å². The first-order chi connectivity index (χ1) is 14.8. The van der Waals surface area contributed by atoms with Crippen molar-refractivity contribution in [2.45, 2.75) is 50.9 Å². The second-order valence-electron chi connectivity index (χ2n) is 8.97. The van der Waals surface area contributed by atoms with Gasteiger partial charge in [0.15, 0.2) is 11.0 Å². The molecule has 0 atom stereocenters. The molecule has 4 rings (SSSR count). The molecule has 0 aliphatic heterocycles. The second kappa shape index (κ2) is 8.72. The minimum atomic E-state index is 0.152. The summed E-state index contributed by atoms with van der Waals surface area (Å²) in [5.41, 5.74) is 7.73. The zero-order valence-electron chi connectivity index (χ0n) is 18.9. The van der Waals surface area contributed by atoms with Crippen molar-refractivity contribution >= 4 is 11.8 Å². The Morgan fingerprint density at radius 1 is 0.806 bits per heavy atom. The zero-order chi connectivity index (χ0) is 22.0. The number of hydrogen-bond acceptors (Lipinski definition) is 3. The smallest absolute Gasteiger partial charge is 0.196 e. The number of rotatable bonds is 5. The van der Waals surface area contributed by atoms with E-state index in [1.54, 1.807) is 11.8 Å². The quantitative estimate of drug-likeness (QED) is 0.317. The van der Waals surface area contributed by atoms with E-state index in [1.807, 2.05) is 24.3 Å². The van der Waals surface area contributed by atoms with Crippen molar-refractivity contribution in [1.29, 1.82) is 0 Å². The standard InChI is InChI=1S/C27H29N3S/c1-19-16-22(27(3,4)5)17-20(2)24(19)18-31-26-29-28-25(21-12-8-6-9-13-21)30(26)23-14-10-7-11-15-23/h6-17H,18H2,1-5H3. The first-order valence-electron chi connectivity index (χ1n) is 10.6. The lowest BCUT2D eigenvalue weighted by Gasteiger charge is -2.22. The van der Waals surface area contributed by atoms with Gasteiger partial charge in [-0.25, -0.2) is 0 Å². The summed E-state index contributed by atoms with van der Waals surface area (Å²) in [4.78, 5) is 0. The molecule has 0 aliphatic rings. The van der Waals surface area contributed by atoms with Crippen molar-refractivity contribution in [1.82, 2.24) is 14.8 Å². The molecule has 0 aliphatic carbocycles. The molecular formula is C27H29N3S. The minimum absolute atomic E-state index is 0.152. The second-order valence-corrected chi connectivity index (χ2v) is 9.91. The lowest BCUT2D eigenvalue weighted by molar-refractivity contribution is 0.589. The lowest BCUT2D eigenvalue weighted by atomic mass is 9.84. The van der Waals surface area contributed by atoms with Crippen LogP contribution in [0.5, 0.6) is 0 Å². The van der Waals surface area contributed by atoms with Gasteiger partial charge in [-0.2, -0.15) is 0 Å². The van der Waals surface area contributed by atoms with Crippen molar-refractivity contribution in [3.63, 3.8) is 0 Å². The molecule has 1 aromatic heterocycles. The summed E-state index contributed by atoms with van der Waals surface area (Å²) in [7, 11) is 0. The maximum absolute atomic E-state index is 4.58. The normalized spacial score (nSPS) is 11.6. The van der Waals surface area contributed by atoms with E-state index in [9.17, 15) is 0 Å². The van der Waals surface area contributed by atoms with Crippen LogP contribution in [-0.2, 0) is 11.2 Å². The highest BCUT2D eigenvalue weighted by atomic mass is 32.2. The summed E-state index contributed by atoms with van der Waals surface area (Å²) >= 11 is 1.74. The van der Waals surface area contributed by atoms with Crippen molar-refractivity contribution < 1.29 is 0 Å². The van der Waals surface area contributed by atoms with E-state index in [1.165, 1.54) is 22.3 Å². The minimum Gasteiger partial charge on any atom is -0.270 e. The molecule has 0 amide bonds. The number of aromatic nitrogens is 3. The number of para-hydroxylation sites is 1. The highest BCUT2D eigenvalue weighted by Crippen LogP contribution is 2.33. The van der Waals surface area contributed by atoms with E-state index >= 15 is 0 Å². The van der Waals surface area contributed by atoms with Crippen LogP contribution in [0.2, 0.25) is 0 Å². The van der Waals surface area contributed by atoms with Gasteiger partial charge in [-0.05, 0) is 53.6 Å². The maximum atomic E-state index is 4.58. The van der Waals surface area contributed by atoms with Crippen LogP contribution in [0.4, 0.5) is 0 Å². The molecule has 0 fully saturated rings. The van der Waals surface area contributed by atoms with Crippen molar-refractivity contribution in [3.8, 4) is 17.1 Å². The van der Waals surface area contributed by atoms with Crippen molar-refractivity contribution in [3.05, 3.63) is 95.1 Å². The van der Waals surface area contributed by atoms with E-state index in [-0.39, 0.29) is 5.41 Å². The zero-order valence-corrected chi connectivity index (χ0v) is 19.7. The van der Waals surface area contributed by atoms with E-state index in [2.05, 4.69) is 97.9 Å². The molecule has 158 valence electrons. The average Bonchev–Trinajstić information content (AvgIpc) is 3.17. The van der Waals surface area contributed by atoms with E-state index in [0.717, 1.165) is 28.0 Å². The molecule has 0 N–H and O–H groups in total. The Labute approximate surface area is 189 Å². The van der Waals surface area contributed by atoms with Gasteiger partial charge in [0.25, 0.3) is 0 Å². The van der Waals surface area contributed by atoms with Crippen molar-refractivity contribution in [2.24, 2.45) is 0 Å². The van der Waals surface area contributed by atoms with Gasteiger partial charge in [0, 0.05) is 17.0 Å². The Bertz CT molecular complexity index is 1150. The summed E-state index contributed by atoms with van der Waals surface area (Å²) in [6, 6.07) is 25.3. The third-order valence-electron chi connectivity index (χ3n) is 5.59. The van der Waals surface area contributed by atoms with Crippen LogP contribution in [0.3, 0.4) is 0 Å². The molecule has 1 heterocycles. The van der Waals surface area contributed by atoms with Crippen molar-refractivity contribution in [2.75, 3.05) is 0 Å². The first kappa shape index (κ1) is 21.4. The van der Waals surface area contributed by atoms with Crippen LogP contribution >= 0.6 is 11.8 Å². The number of thioether (sulfide) groups is 1. The molecule has 0 spiro atoms. The monoisotopic (exact) mass is 427 g/mol. The molecule has 0 unspecified atom stereocenters.